The third kappa shape index (κ3) is 5.32. The summed E-state index contributed by atoms with van der Waals surface area (Å²) in [4.78, 5) is 12.5. The Hall–Kier alpha value is -2.94. The average molecular weight is 420 g/mol. The predicted octanol–water partition coefficient (Wildman–Crippen LogP) is 2.07. The number of rotatable bonds is 8. The van der Waals surface area contributed by atoms with Crippen molar-refractivity contribution in [1.29, 1.82) is 0 Å². The van der Waals surface area contributed by atoms with Gasteiger partial charge in [-0.05, 0) is 37.6 Å². The van der Waals surface area contributed by atoms with Crippen LogP contribution in [0.25, 0.3) is 0 Å². The highest BCUT2D eigenvalue weighted by Gasteiger charge is 2.24. The molecule has 0 saturated heterocycles. The SMILES string of the molecule is Cc1ccccc1OC[C@@H](C)NC(=O)CN(c1ccc2c(c1)OCO2)S(C)(=O)=O. The Labute approximate surface area is 170 Å². The molecule has 0 spiro atoms. The van der Waals surface area contributed by atoms with Gasteiger partial charge in [-0.1, -0.05) is 18.2 Å². The van der Waals surface area contributed by atoms with E-state index in [0.29, 0.717) is 17.2 Å². The maximum Gasteiger partial charge on any atom is 0.241 e. The van der Waals surface area contributed by atoms with Crippen LogP contribution < -0.4 is 23.8 Å². The second-order valence-electron chi connectivity index (χ2n) is 6.85. The lowest BCUT2D eigenvalue weighted by molar-refractivity contribution is -0.120. The van der Waals surface area contributed by atoms with Gasteiger partial charge in [-0.3, -0.25) is 9.10 Å². The van der Waals surface area contributed by atoms with Crippen LogP contribution in [0, 0.1) is 6.92 Å². The van der Waals surface area contributed by atoms with Gasteiger partial charge in [-0.2, -0.15) is 0 Å². The monoisotopic (exact) mass is 420 g/mol. The van der Waals surface area contributed by atoms with Crippen molar-refractivity contribution in [3.05, 3.63) is 48.0 Å². The van der Waals surface area contributed by atoms with Gasteiger partial charge < -0.3 is 19.5 Å². The van der Waals surface area contributed by atoms with Crippen molar-refractivity contribution < 1.29 is 27.4 Å². The third-order valence-electron chi connectivity index (χ3n) is 4.32. The highest BCUT2D eigenvalue weighted by atomic mass is 32.2. The lowest BCUT2D eigenvalue weighted by Crippen LogP contribution is -2.44. The third-order valence-corrected chi connectivity index (χ3v) is 5.46. The first kappa shape index (κ1) is 20.8. The van der Waals surface area contributed by atoms with Crippen molar-refractivity contribution in [3.8, 4) is 17.2 Å². The Morgan fingerprint density at radius 3 is 2.66 bits per heavy atom. The standard InChI is InChI=1S/C20H24N2O6S/c1-14-6-4-5-7-17(14)26-12-15(2)21-20(23)11-22(29(3,24)25)16-8-9-18-19(10-16)28-13-27-18/h4-10,15H,11-13H2,1-3H3,(H,21,23)/t15-/m1/s1. The van der Waals surface area contributed by atoms with E-state index >= 15 is 0 Å². The van der Waals surface area contributed by atoms with Crippen molar-refractivity contribution in [2.24, 2.45) is 0 Å². The molecule has 1 aliphatic heterocycles. The van der Waals surface area contributed by atoms with Crippen LogP contribution in [-0.2, 0) is 14.8 Å². The van der Waals surface area contributed by atoms with Gasteiger partial charge in [-0.15, -0.1) is 0 Å². The number of benzene rings is 2. The lowest BCUT2D eigenvalue weighted by atomic mass is 10.2. The number of anilines is 1. The normalized spacial score (nSPS) is 13.6. The summed E-state index contributed by atoms with van der Waals surface area (Å²) < 4.78 is 41.8. The number of nitrogens with zero attached hydrogens (tertiary/aromatic N) is 1. The van der Waals surface area contributed by atoms with Crippen LogP contribution in [0.4, 0.5) is 5.69 Å². The molecule has 2 aromatic carbocycles. The molecule has 9 heteroatoms. The first-order chi connectivity index (χ1) is 13.7. The van der Waals surface area contributed by atoms with E-state index in [9.17, 15) is 13.2 Å². The summed E-state index contributed by atoms with van der Waals surface area (Å²) in [7, 11) is -3.68. The number of nitrogens with one attached hydrogen (secondary N) is 1. The van der Waals surface area contributed by atoms with Gasteiger partial charge in [0.1, 0.15) is 18.9 Å². The number of ether oxygens (including phenoxy) is 3. The summed E-state index contributed by atoms with van der Waals surface area (Å²) in [6, 6.07) is 12.0. The van der Waals surface area contributed by atoms with Crippen molar-refractivity contribution in [3.63, 3.8) is 0 Å². The maximum atomic E-state index is 12.5. The second kappa shape index (κ2) is 8.60. The zero-order valence-electron chi connectivity index (χ0n) is 16.5. The van der Waals surface area contributed by atoms with E-state index in [1.165, 1.54) is 0 Å². The number of hydrogen-bond donors (Lipinski definition) is 1. The van der Waals surface area contributed by atoms with E-state index in [4.69, 9.17) is 14.2 Å². The number of fused-ring (bicyclic) bond motifs is 1. The Morgan fingerprint density at radius 1 is 1.21 bits per heavy atom. The lowest BCUT2D eigenvalue weighted by Gasteiger charge is -2.23. The van der Waals surface area contributed by atoms with E-state index < -0.39 is 15.9 Å². The van der Waals surface area contributed by atoms with Crippen molar-refractivity contribution in [1.82, 2.24) is 5.32 Å². The quantitative estimate of drug-likeness (QED) is 0.703. The molecule has 156 valence electrons. The maximum absolute atomic E-state index is 12.5. The second-order valence-corrected chi connectivity index (χ2v) is 8.76. The Kier molecular flexibility index (Phi) is 6.17. The van der Waals surface area contributed by atoms with Crippen LogP contribution in [0.15, 0.2) is 42.5 Å². The minimum absolute atomic E-state index is 0.0799. The molecule has 0 aromatic heterocycles. The summed E-state index contributed by atoms with van der Waals surface area (Å²) in [5, 5.41) is 2.77. The number of para-hydroxylation sites is 1. The number of amides is 1. The number of hydrogen-bond acceptors (Lipinski definition) is 6. The fourth-order valence-electron chi connectivity index (χ4n) is 2.87. The van der Waals surface area contributed by atoms with Crippen molar-refractivity contribution >= 4 is 21.6 Å². The summed E-state index contributed by atoms with van der Waals surface area (Å²) >= 11 is 0. The van der Waals surface area contributed by atoms with Gasteiger partial charge in [0.25, 0.3) is 0 Å². The smallest absolute Gasteiger partial charge is 0.241 e. The summed E-state index contributed by atoms with van der Waals surface area (Å²) in [6.45, 7) is 3.72. The molecule has 29 heavy (non-hydrogen) atoms. The highest BCUT2D eigenvalue weighted by Crippen LogP contribution is 2.36. The molecular weight excluding hydrogens is 396 g/mol. The predicted molar refractivity (Wildman–Crippen MR) is 109 cm³/mol. The molecule has 1 atom stereocenters. The van der Waals surface area contributed by atoms with Gasteiger partial charge in [0, 0.05) is 6.07 Å². The van der Waals surface area contributed by atoms with Crippen LogP contribution in [0.1, 0.15) is 12.5 Å². The first-order valence-corrected chi connectivity index (χ1v) is 10.9. The van der Waals surface area contributed by atoms with Crippen molar-refractivity contribution in [2.45, 2.75) is 19.9 Å². The Morgan fingerprint density at radius 2 is 1.93 bits per heavy atom. The number of carbonyl (C=O) groups is 1. The first-order valence-electron chi connectivity index (χ1n) is 9.09. The summed E-state index contributed by atoms with van der Waals surface area (Å²) in [5.41, 5.74) is 1.33. The zero-order valence-corrected chi connectivity index (χ0v) is 17.4. The van der Waals surface area contributed by atoms with Gasteiger partial charge >= 0.3 is 0 Å². The molecule has 1 N–H and O–H groups in total. The molecule has 0 saturated carbocycles. The van der Waals surface area contributed by atoms with Crippen LogP contribution >= 0.6 is 0 Å². The van der Waals surface area contributed by atoms with Crippen molar-refractivity contribution in [2.75, 3.05) is 30.5 Å². The van der Waals surface area contributed by atoms with Gasteiger partial charge in [0.05, 0.1) is 18.0 Å². The molecular formula is C20H24N2O6S. The van der Waals surface area contributed by atoms with Crippen LogP contribution in [0.2, 0.25) is 0 Å². The fraction of sp³-hybridized carbons (Fsp3) is 0.350. The molecule has 0 unspecified atom stereocenters. The van der Waals surface area contributed by atoms with Crippen LogP contribution in [0.3, 0.4) is 0 Å². The van der Waals surface area contributed by atoms with E-state index in [1.807, 2.05) is 31.2 Å². The van der Waals surface area contributed by atoms with Gasteiger partial charge in [0.15, 0.2) is 11.5 Å². The minimum atomic E-state index is -3.68. The summed E-state index contributed by atoms with van der Waals surface area (Å²) in [5.74, 6) is 1.28. The molecule has 1 aliphatic rings. The number of carbonyl (C=O) groups excluding carboxylic acids is 1. The Balaban J connectivity index is 1.62. The number of aryl methyl sites for hydroxylation is 1. The molecule has 8 nitrogen and oxygen atoms in total. The largest absolute Gasteiger partial charge is 0.491 e. The Bertz CT molecular complexity index is 992. The van der Waals surface area contributed by atoms with E-state index in [0.717, 1.165) is 21.9 Å². The van der Waals surface area contributed by atoms with Gasteiger partial charge in [0.2, 0.25) is 22.7 Å². The molecule has 1 amide bonds. The van der Waals surface area contributed by atoms with Crippen LogP contribution in [-0.4, -0.2) is 46.6 Å². The van der Waals surface area contributed by atoms with Crippen LogP contribution in [0.5, 0.6) is 17.2 Å². The highest BCUT2D eigenvalue weighted by molar-refractivity contribution is 7.92. The average Bonchev–Trinajstić information content (AvgIpc) is 3.12. The van der Waals surface area contributed by atoms with E-state index in [1.54, 1.807) is 25.1 Å². The number of sulfonamides is 1. The van der Waals surface area contributed by atoms with E-state index in [-0.39, 0.29) is 26.0 Å². The molecule has 0 aliphatic carbocycles. The van der Waals surface area contributed by atoms with Gasteiger partial charge in [-0.25, -0.2) is 8.42 Å². The van der Waals surface area contributed by atoms with E-state index in [2.05, 4.69) is 5.32 Å². The minimum Gasteiger partial charge on any atom is -0.491 e. The molecule has 0 fully saturated rings. The molecule has 3 rings (SSSR count). The fourth-order valence-corrected chi connectivity index (χ4v) is 3.71. The molecule has 2 aromatic rings. The molecule has 0 bridgehead atoms. The molecule has 1 heterocycles. The molecule has 0 radical (unpaired) electrons. The topological polar surface area (TPSA) is 94.2 Å². The zero-order chi connectivity index (χ0) is 21.0. The summed E-state index contributed by atoms with van der Waals surface area (Å²) in [6.07, 6.45) is 1.05.